The second kappa shape index (κ2) is 8.94. The van der Waals surface area contributed by atoms with Crippen LogP contribution in [0.5, 0.6) is 0 Å². The van der Waals surface area contributed by atoms with Gasteiger partial charge in [-0.15, -0.1) is 0 Å². The van der Waals surface area contributed by atoms with Crippen LogP contribution >= 0.6 is 0 Å². The van der Waals surface area contributed by atoms with Gasteiger partial charge in [0.1, 0.15) is 6.61 Å². The van der Waals surface area contributed by atoms with E-state index in [9.17, 15) is 34.8 Å². The lowest BCUT2D eigenvalue weighted by atomic mass is 9.49. The Hall–Kier alpha value is -0.920. The molecule has 0 spiro atoms. The number of nitrogens with zero attached hydrogens (tertiary/aromatic N) is 1. The van der Waals surface area contributed by atoms with E-state index in [1.807, 2.05) is 0 Å². The Kier molecular flexibility index (Phi) is 6.82. The summed E-state index contributed by atoms with van der Waals surface area (Å²) in [5, 5.41) is -5.21. The third-order valence-corrected chi connectivity index (χ3v) is 10.5. The maximum Gasteiger partial charge on any atom is 0.363 e. The lowest BCUT2D eigenvalue weighted by Crippen LogP contribution is -2.51. The van der Waals surface area contributed by atoms with Gasteiger partial charge in [0.25, 0.3) is 0 Å². The van der Waals surface area contributed by atoms with E-state index in [0.29, 0.717) is 62.7 Å². The third kappa shape index (κ3) is 5.20. The van der Waals surface area contributed by atoms with Gasteiger partial charge in [0.2, 0.25) is 16.5 Å². The Bertz CT molecular complexity index is 929. The Morgan fingerprint density at radius 3 is 2.00 bits per heavy atom. The van der Waals surface area contributed by atoms with Crippen LogP contribution in [0.4, 0.5) is 13.2 Å². The van der Waals surface area contributed by atoms with Crippen LogP contribution < -0.4 is 0 Å². The minimum Gasteiger partial charge on any atom is -0.462 e. The van der Waals surface area contributed by atoms with Gasteiger partial charge in [-0.05, 0) is 69.1 Å². The average Bonchev–Trinajstić information content (AvgIpc) is 2.70. The van der Waals surface area contributed by atoms with Crippen LogP contribution in [0.15, 0.2) is 0 Å². The number of hydrogen-bond donors (Lipinski definition) is 0. The summed E-state index contributed by atoms with van der Waals surface area (Å²) in [6, 6.07) is 0. The van der Waals surface area contributed by atoms with Crippen molar-refractivity contribution in [2.75, 3.05) is 6.61 Å². The van der Waals surface area contributed by atoms with E-state index in [1.54, 1.807) is 0 Å². The lowest BCUT2D eigenvalue weighted by Gasteiger charge is -2.55. The summed E-state index contributed by atoms with van der Waals surface area (Å²) < 4.78 is 102. The smallest absolute Gasteiger partial charge is 0.363 e. The molecule has 0 heterocycles. The van der Waals surface area contributed by atoms with Gasteiger partial charge in [-0.25, -0.2) is 21.2 Å². The fourth-order valence-electron chi connectivity index (χ4n) is 6.44. The zero-order valence-corrected chi connectivity index (χ0v) is 19.8. The van der Waals surface area contributed by atoms with Gasteiger partial charge < -0.3 is 8.86 Å². The van der Waals surface area contributed by atoms with Crippen LogP contribution in [0.1, 0.15) is 70.6 Å². The number of sulfonamides is 1. The number of carbonyl (C=O) groups excluding carboxylic acids is 1. The normalized spacial score (nSPS) is 33.7. The molecule has 1 unspecified atom stereocenters. The molecule has 0 amide bonds. The SMILES string of the molecule is O=C(OCC(F)C(F)(F)S(=O)(=O)[N-]S(=O)(=O)OC1CCCCC1)C12CC3CC(CC(C3)C1)C2. The Morgan fingerprint density at radius 2 is 1.48 bits per heavy atom. The first kappa shape index (κ1) is 25.2. The van der Waals surface area contributed by atoms with Crippen molar-refractivity contribution in [1.82, 2.24) is 0 Å². The Morgan fingerprint density at radius 1 is 0.970 bits per heavy atom. The number of esters is 1. The molecule has 0 aromatic rings. The molecule has 190 valence electrons. The van der Waals surface area contributed by atoms with E-state index >= 15 is 0 Å². The summed E-state index contributed by atoms with van der Waals surface area (Å²) in [4.78, 5) is 12.7. The monoisotopic (exact) mass is 516 g/mol. The molecule has 33 heavy (non-hydrogen) atoms. The zero-order chi connectivity index (χ0) is 24.1. The van der Waals surface area contributed by atoms with E-state index in [1.165, 1.54) is 0 Å². The number of ether oxygens (including phenoxy) is 1. The molecule has 5 aliphatic carbocycles. The minimum atomic E-state index is -6.15. The van der Waals surface area contributed by atoms with Gasteiger partial charge in [-0.2, -0.15) is 8.78 Å². The number of carbonyl (C=O) groups is 1. The Balaban J connectivity index is 1.35. The van der Waals surface area contributed by atoms with Crippen molar-refractivity contribution < 1.29 is 43.7 Å². The summed E-state index contributed by atoms with van der Waals surface area (Å²) in [7, 11) is -11.4. The first-order valence-corrected chi connectivity index (χ1v) is 14.2. The highest BCUT2D eigenvalue weighted by molar-refractivity contribution is 8.10. The lowest BCUT2D eigenvalue weighted by molar-refractivity contribution is -0.175. The predicted molar refractivity (Wildman–Crippen MR) is 111 cm³/mol. The quantitative estimate of drug-likeness (QED) is 0.426. The largest absolute Gasteiger partial charge is 0.462 e. The molecule has 13 heteroatoms. The minimum absolute atomic E-state index is 0.317. The van der Waals surface area contributed by atoms with Gasteiger partial charge in [0.15, 0.2) is 10.0 Å². The second-order valence-electron chi connectivity index (χ2n) is 10.2. The van der Waals surface area contributed by atoms with E-state index in [4.69, 9.17) is 4.74 Å². The van der Waals surface area contributed by atoms with Gasteiger partial charge in [0.05, 0.1) is 11.5 Å². The molecule has 0 aliphatic heterocycles. The number of halogens is 3. The third-order valence-electron chi connectivity index (χ3n) is 7.54. The molecule has 0 aromatic heterocycles. The molecule has 5 fully saturated rings. The molecule has 0 saturated heterocycles. The van der Waals surface area contributed by atoms with Crippen LogP contribution in [0, 0.1) is 23.2 Å². The van der Waals surface area contributed by atoms with Crippen molar-refractivity contribution in [1.29, 1.82) is 0 Å². The van der Waals surface area contributed by atoms with Crippen molar-refractivity contribution in [2.24, 2.45) is 23.2 Å². The molecular formula is C20H29F3NO7S2-. The number of rotatable bonds is 9. The highest BCUT2D eigenvalue weighted by atomic mass is 32.3. The topological polar surface area (TPSA) is 118 Å². The van der Waals surface area contributed by atoms with Crippen LogP contribution in [-0.2, 0) is 34.0 Å². The maximum atomic E-state index is 14.3. The van der Waals surface area contributed by atoms with Crippen molar-refractivity contribution in [3.05, 3.63) is 4.13 Å². The summed E-state index contributed by atoms with van der Waals surface area (Å²) in [6.45, 7) is -1.51. The highest BCUT2D eigenvalue weighted by Crippen LogP contribution is 2.60. The van der Waals surface area contributed by atoms with Crippen molar-refractivity contribution >= 4 is 26.3 Å². The maximum absolute atomic E-state index is 14.3. The predicted octanol–water partition coefficient (Wildman–Crippen LogP) is 3.97. The molecular weight excluding hydrogens is 487 g/mol. The molecule has 8 nitrogen and oxygen atoms in total. The van der Waals surface area contributed by atoms with Gasteiger partial charge in [0, 0.05) is 0 Å². The number of hydrogen-bond acceptors (Lipinski definition) is 7. The van der Waals surface area contributed by atoms with E-state index < -0.39 is 55.8 Å². The van der Waals surface area contributed by atoms with Crippen LogP contribution in [0.3, 0.4) is 0 Å². The molecule has 5 aliphatic rings. The Labute approximate surface area is 192 Å². The van der Waals surface area contributed by atoms with Crippen molar-refractivity contribution in [3.8, 4) is 0 Å². The van der Waals surface area contributed by atoms with Gasteiger partial charge in [-0.1, -0.05) is 19.3 Å². The second-order valence-corrected chi connectivity index (χ2v) is 13.3. The summed E-state index contributed by atoms with van der Waals surface area (Å²) in [5.74, 6) is 0.294. The summed E-state index contributed by atoms with van der Waals surface area (Å²) in [5.41, 5.74) is -0.829. The first-order valence-electron chi connectivity index (χ1n) is 11.4. The van der Waals surface area contributed by atoms with Crippen LogP contribution in [0.2, 0.25) is 0 Å². The molecule has 4 bridgehead atoms. The van der Waals surface area contributed by atoms with E-state index in [2.05, 4.69) is 8.31 Å². The zero-order valence-electron chi connectivity index (χ0n) is 18.1. The van der Waals surface area contributed by atoms with Crippen LogP contribution in [-0.4, -0.2) is 46.9 Å². The van der Waals surface area contributed by atoms with E-state index in [0.717, 1.165) is 25.7 Å². The first-order chi connectivity index (χ1) is 15.3. The van der Waals surface area contributed by atoms with E-state index in [-0.39, 0.29) is 0 Å². The summed E-state index contributed by atoms with van der Waals surface area (Å²) >= 11 is 0. The highest BCUT2D eigenvalue weighted by Gasteiger charge is 2.56. The fraction of sp³-hybridized carbons (Fsp3) is 0.950. The van der Waals surface area contributed by atoms with Crippen molar-refractivity contribution in [2.45, 2.75) is 88.2 Å². The molecule has 5 saturated carbocycles. The standard InChI is InChI=1S/C20H29F3NO7S2/c21-17(12-30-18(25)19-9-13-6-14(10-19)8-15(7-13)11-19)20(22,23)32(26,27)24-33(28,29)31-16-4-2-1-3-5-16/h13-17H,1-12H2/q-1. The van der Waals surface area contributed by atoms with Gasteiger partial charge in [-0.3, -0.25) is 8.98 Å². The number of alkyl halides is 3. The molecule has 0 aromatic carbocycles. The molecule has 0 radical (unpaired) electrons. The van der Waals surface area contributed by atoms with Crippen LogP contribution in [0.25, 0.3) is 4.13 Å². The molecule has 0 N–H and O–H groups in total. The van der Waals surface area contributed by atoms with Gasteiger partial charge >= 0.3 is 11.2 Å². The molecule has 1 atom stereocenters. The average molecular weight is 517 g/mol. The molecule has 5 rings (SSSR count). The fourth-order valence-corrected chi connectivity index (χ4v) is 8.87. The summed E-state index contributed by atoms with van der Waals surface area (Å²) in [6.07, 6.45) is 3.19. The van der Waals surface area contributed by atoms with Crippen molar-refractivity contribution in [3.63, 3.8) is 0 Å².